The molecule has 2 atom stereocenters. The second-order valence-corrected chi connectivity index (χ2v) is 11.4. The van der Waals surface area contributed by atoms with E-state index < -0.39 is 34.5 Å². The highest BCUT2D eigenvalue weighted by Gasteiger charge is 2.41. The molecule has 0 unspecified atom stereocenters. The minimum absolute atomic E-state index is 0.0946. The number of nitro benzene ring substituents is 1. The summed E-state index contributed by atoms with van der Waals surface area (Å²) in [5, 5.41) is 11.3. The number of nitro groups is 1. The Kier molecular flexibility index (Phi) is 9.41. The highest BCUT2D eigenvalue weighted by Crippen LogP contribution is 2.40. The Morgan fingerprint density at radius 1 is 1.10 bits per heavy atom. The van der Waals surface area contributed by atoms with Crippen molar-refractivity contribution in [3.8, 4) is 5.75 Å². The second kappa shape index (κ2) is 13.4. The molecular formula is C31H32N2O8S. The summed E-state index contributed by atoms with van der Waals surface area (Å²) in [4.78, 5) is 39.9. The lowest BCUT2D eigenvalue weighted by molar-refractivity contribution is -0.391. The number of hydrogen-bond acceptors (Lipinski definition) is 9. The Labute approximate surface area is 248 Å². The molecule has 5 rings (SSSR count). The smallest absolute Gasteiger partial charge is 0.417 e. The number of thioether (sulfide) groups is 1. The topological polar surface area (TPSA) is 117 Å². The van der Waals surface area contributed by atoms with Gasteiger partial charge >= 0.3 is 6.09 Å². The molecule has 0 bridgehead atoms. The fourth-order valence-electron chi connectivity index (χ4n) is 5.03. The third-order valence-electron chi connectivity index (χ3n) is 7.23. The van der Waals surface area contributed by atoms with Crippen molar-refractivity contribution in [1.29, 1.82) is 0 Å². The number of ether oxygens (including phenoxy) is 4. The van der Waals surface area contributed by atoms with Gasteiger partial charge in [-0.05, 0) is 61.9 Å². The van der Waals surface area contributed by atoms with Gasteiger partial charge in [0.25, 0.3) is 5.69 Å². The van der Waals surface area contributed by atoms with Crippen molar-refractivity contribution in [2.24, 2.45) is 0 Å². The lowest BCUT2D eigenvalue weighted by atomic mass is 10.0. The molecule has 2 heterocycles. The predicted octanol–water partition coefficient (Wildman–Crippen LogP) is 6.07. The molecule has 42 heavy (non-hydrogen) atoms. The van der Waals surface area contributed by atoms with Gasteiger partial charge in [-0.1, -0.05) is 48.5 Å². The molecule has 220 valence electrons. The molecule has 0 aliphatic carbocycles. The van der Waals surface area contributed by atoms with E-state index in [1.54, 1.807) is 26.2 Å². The van der Waals surface area contributed by atoms with Crippen LogP contribution in [0.4, 0.5) is 10.5 Å². The Bertz CT molecular complexity index is 1410. The van der Waals surface area contributed by atoms with Crippen molar-refractivity contribution < 1.29 is 33.5 Å². The van der Waals surface area contributed by atoms with Crippen molar-refractivity contribution in [2.45, 2.75) is 61.4 Å². The van der Waals surface area contributed by atoms with Gasteiger partial charge in [0.05, 0.1) is 28.2 Å². The van der Waals surface area contributed by atoms with Gasteiger partial charge in [-0.25, -0.2) is 9.69 Å². The third kappa shape index (κ3) is 6.92. The molecule has 11 heteroatoms. The van der Waals surface area contributed by atoms with Crippen LogP contribution in [0.15, 0.2) is 77.7 Å². The molecule has 0 N–H and O–H groups in total. The van der Waals surface area contributed by atoms with E-state index in [0.717, 1.165) is 28.6 Å². The molecule has 2 fully saturated rings. The van der Waals surface area contributed by atoms with E-state index in [4.69, 9.17) is 18.9 Å². The van der Waals surface area contributed by atoms with Gasteiger partial charge in [-0.2, -0.15) is 0 Å². The number of amides is 2. The van der Waals surface area contributed by atoms with Gasteiger partial charge in [-0.3, -0.25) is 14.9 Å². The summed E-state index contributed by atoms with van der Waals surface area (Å²) in [6, 6.07) is 21.5. The maximum absolute atomic E-state index is 14.0. The summed E-state index contributed by atoms with van der Waals surface area (Å²) >= 11 is 1.09. The second-order valence-electron chi connectivity index (χ2n) is 10.1. The van der Waals surface area contributed by atoms with Gasteiger partial charge in [0.1, 0.15) is 12.4 Å². The maximum Gasteiger partial charge on any atom is 0.417 e. The number of benzene rings is 3. The number of nitrogens with zero attached hydrogens (tertiary/aromatic N) is 2. The van der Waals surface area contributed by atoms with E-state index in [2.05, 4.69) is 0 Å². The van der Waals surface area contributed by atoms with Gasteiger partial charge in [0, 0.05) is 11.6 Å². The Morgan fingerprint density at radius 3 is 2.50 bits per heavy atom. The first-order valence-corrected chi connectivity index (χ1v) is 14.6. The number of carbonyl (C=O) groups is 2. The number of hydrogen-bond donors (Lipinski definition) is 0. The van der Waals surface area contributed by atoms with Crippen LogP contribution in [0.25, 0.3) is 0 Å². The van der Waals surface area contributed by atoms with Crippen molar-refractivity contribution in [3.63, 3.8) is 0 Å². The summed E-state index contributed by atoms with van der Waals surface area (Å²) in [5.74, 6) is 0.332. The fraction of sp³-hybridized carbons (Fsp3) is 0.355. The lowest BCUT2D eigenvalue weighted by Crippen LogP contribution is -2.44. The van der Waals surface area contributed by atoms with Crippen molar-refractivity contribution in [2.75, 3.05) is 13.7 Å². The molecular weight excluding hydrogens is 560 g/mol. The zero-order valence-corrected chi connectivity index (χ0v) is 24.2. The number of cyclic esters (lactones) is 1. The van der Waals surface area contributed by atoms with Crippen molar-refractivity contribution in [1.82, 2.24) is 4.90 Å². The maximum atomic E-state index is 14.0. The van der Waals surface area contributed by atoms with Crippen LogP contribution in [0.5, 0.6) is 5.75 Å². The summed E-state index contributed by atoms with van der Waals surface area (Å²) in [5.41, 5.74) is 2.42. The standard InChI is InChI=1S/C31H32N2O8S/c1-20-40-30(41-20)23-13-16-27(26(18-23)33(36)37)42-28(10-6-9-21-11-14-25(38-2)15-12-21)29(34)32-24(19-39-31(32)35)17-22-7-4-3-5-8-22/h3-5,7-8,11-16,18,20,24,28,30H,6,9-10,17,19H2,1-2H3/t20?,24-,28+,30?/m1/s1. The minimum Gasteiger partial charge on any atom is -0.497 e. The van der Waals surface area contributed by atoms with E-state index in [0.29, 0.717) is 36.1 Å². The van der Waals surface area contributed by atoms with Crippen LogP contribution < -0.4 is 4.74 Å². The molecule has 3 aromatic carbocycles. The first kappa shape index (κ1) is 29.6. The predicted molar refractivity (Wildman–Crippen MR) is 155 cm³/mol. The Hall–Kier alpha value is -3.93. The number of rotatable bonds is 12. The Morgan fingerprint density at radius 2 is 1.83 bits per heavy atom. The van der Waals surface area contributed by atoms with Gasteiger partial charge < -0.3 is 18.9 Å². The number of methoxy groups -OCH3 is 1. The first-order chi connectivity index (χ1) is 20.3. The number of aryl methyl sites for hydroxylation is 1. The van der Waals surface area contributed by atoms with Crippen LogP contribution in [0.1, 0.15) is 42.7 Å². The van der Waals surface area contributed by atoms with Gasteiger partial charge in [-0.15, -0.1) is 11.8 Å². The molecule has 0 radical (unpaired) electrons. The molecule has 2 aliphatic rings. The van der Waals surface area contributed by atoms with E-state index in [1.807, 2.05) is 54.6 Å². The van der Waals surface area contributed by atoms with E-state index in [1.165, 1.54) is 11.0 Å². The lowest BCUT2D eigenvalue weighted by Gasteiger charge is -2.33. The summed E-state index contributed by atoms with van der Waals surface area (Å²) in [6.45, 7) is 1.84. The van der Waals surface area contributed by atoms with Crippen LogP contribution in [-0.4, -0.2) is 53.1 Å². The monoisotopic (exact) mass is 592 g/mol. The SMILES string of the molecule is COc1ccc(CCC[C@H](Sc2ccc(C3OC(C)O3)cc2[N+](=O)[O-])C(=O)N2C(=O)OC[C@H]2Cc2ccccc2)cc1. The summed E-state index contributed by atoms with van der Waals surface area (Å²) in [6.07, 6.45) is 0.411. The average molecular weight is 593 g/mol. The Balaban J connectivity index is 1.37. The fourth-order valence-corrected chi connectivity index (χ4v) is 6.24. The highest BCUT2D eigenvalue weighted by atomic mass is 32.2. The average Bonchev–Trinajstić information content (AvgIpc) is 3.34. The zero-order valence-electron chi connectivity index (χ0n) is 23.3. The van der Waals surface area contributed by atoms with E-state index >= 15 is 0 Å². The van der Waals surface area contributed by atoms with Crippen molar-refractivity contribution in [3.05, 3.63) is 99.6 Å². The molecule has 2 amide bonds. The minimum atomic E-state index is -0.757. The van der Waals surface area contributed by atoms with E-state index in [9.17, 15) is 19.7 Å². The quantitative estimate of drug-likeness (QED) is 0.140. The first-order valence-electron chi connectivity index (χ1n) is 13.7. The molecule has 0 aromatic heterocycles. The molecule has 0 saturated carbocycles. The molecule has 0 spiro atoms. The van der Waals surface area contributed by atoms with Crippen LogP contribution >= 0.6 is 11.8 Å². The molecule has 10 nitrogen and oxygen atoms in total. The molecule has 2 saturated heterocycles. The summed E-state index contributed by atoms with van der Waals surface area (Å²) < 4.78 is 21.5. The van der Waals surface area contributed by atoms with Crippen molar-refractivity contribution >= 4 is 29.4 Å². The highest BCUT2D eigenvalue weighted by molar-refractivity contribution is 8.00. The van der Waals surface area contributed by atoms with Crippen LogP contribution in [0, 0.1) is 10.1 Å². The number of carbonyl (C=O) groups excluding carboxylic acids is 2. The van der Waals surface area contributed by atoms with Gasteiger partial charge in [0.2, 0.25) is 5.91 Å². The van der Waals surface area contributed by atoms with E-state index in [-0.39, 0.29) is 18.6 Å². The third-order valence-corrected chi connectivity index (χ3v) is 8.55. The largest absolute Gasteiger partial charge is 0.497 e. The van der Waals surface area contributed by atoms with Crippen LogP contribution in [0.2, 0.25) is 0 Å². The molecule has 2 aliphatic heterocycles. The zero-order chi connectivity index (χ0) is 29.6. The molecule has 3 aromatic rings. The van der Waals surface area contributed by atoms with Crippen LogP contribution in [0.3, 0.4) is 0 Å². The summed E-state index contributed by atoms with van der Waals surface area (Å²) in [7, 11) is 1.61. The van der Waals surface area contributed by atoms with Crippen LogP contribution in [-0.2, 0) is 31.8 Å². The normalized spacial score (nSPS) is 20.5. The van der Waals surface area contributed by atoms with Gasteiger partial charge in [0.15, 0.2) is 12.6 Å². The number of imide groups is 1.